The molecule has 12 heteroatoms. The minimum atomic E-state index is -1.02. The molecule has 11 nitrogen and oxygen atoms in total. The van der Waals surface area contributed by atoms with E-state index in [-0.39, 0.29) is 36.3 Å². The lowest BCUT2D eigenvalue weighted by atomic mass is 10.0. The molecule has 0 saturated heterocycles. The summed E-state index contributed by atoms with van der Waals surface area (Å²) >= 11 is 0. The molecule has 3 amide bonds. The molecule has 3 aromatic heterocycles. The number of alkyl carbamates (subject to hydrolysis) is 1. The number of nitrogens with one attached hydrogen (secondary N) is 3. The lowest BCUT2D eigenvalue weighted by Gasteiger charge is -2.17. The van der Waals surface area contributed by atoms with Crippen molar-refractivity contribution in [2.24, 2.45) is 5.92 Å². The Labute approximate surface area is 237 Å². The van der Waals surface area contributed by atoms with Crippen molar-refractivity contribution in [1.82, 2.24) is 24.8 Å². The fourth-order valence-electron chi connectivity index (χ4n) is 4.31. The van der Waals surface area contributed by atoms with Crippen molar-refractivity contribution in [1.29, 1.82) is 0 Å². The van der Waals surface area contributed by atoms with Crippen molar-refractivity contribution < 1.29 is 23.5 Å². The van der Waals surface area contributed by atoms with E-state index in [2.05, 4.69) is 25.3 Å². The van der Waals surface area contributed by atoms with Gasteiger partial charge in [-0.1, -0.05) is 19.9 Å². The van der Waals surface area contributed by atoms with Crippen LogP contribution in [0, 0.1) is 18.7 Å². The van der Waals surface area contributed by atoms with Crippen molar-refractivity contribution in [2.45, 2.75) is 52.6 Å². The van der Waals surface area contributed by atoms with Gasteiger partial charge in [0.2, 0.25) is 11.8 Å². The van der Waals surface area contributed by atoms with E-state index in [4.69, 9.17) is 0 Å². The highest BCUT2D eigenvalue weighted by atomic mass is 19.1. The summed E-state index contributed by atoms with van der Waals surface area (Å²) in [4.78, 5) is 58.9. The first-order valence-electron chi connectivity index (χ1n) is 13.3. The van der Waals surface area contributed by atoms with Crippen molar-refractivity contribution in [3.63, 3.8) is 0 Å². The molecule has 0 fully saturated rings. The Hall–Kier alpha value is -4.48. The van der Waals surface area contributed by atoms with Crippen molar-refractivity contribution in [2.75, 3.05) is 26.5 Å². The Bertz CT molecular complexity index is 1510. The fraction of sp³-hybridized carbons (Fsp3) is 0.414. The molecule has 0 aliphatic heterocycles. The number of nitrogens with zero attached hydrogens (tertiary/aromatic N) is 3. The number of pyridine rings is 2. The van der Waals surface area contributed by atoms with Gasteiger partial charge >= 0.3 is 6.09 Å². The van der Waals surface area contributed by atoms with Crippen LogP contribution in [0.3, 0.4) is 0 Å². The number of carbonyl (C=O) groups is 3. The molecule has 0 aliphatic carbocycles. The van der Waals surface area contributed by atoms with E-state index in [9.17, 15) is 23.6 Å². The minimum absolute atomic E-state index is 0.0194. The molecule has 0 aliphatic rings. The number of aryl methyl sites for hydroxylation is 1. The first-order chi connectivity index (χ1) is 19.4. The summed E-state index contributed by atoms with van der Waals surface area (Å²) in [6.07, 6.45) is 6.00. The zero-order chi connectivity index (χ0) is 30.3. The van der Waals surface area contributed by atoms with Crippen LogP contribution in [-0.2, 0) is 27.3 Å². The van der Waals surface area contributed by atoms with E-state index in [1.165, 1.54) is 34.9 Å². The molecular formula is C29H37FN6O5. The topological polar surface area (TPSA) is 138 Å². The van der Waals surface area contributed by atoms with Gasteiger partial charge in [0.05, 0.1) is 30.9 Å². The predicted octanol–water partition coefficient (Wildman–Crippen LogP) is 3.51. The number of hydrogen-bond donors (Lipinski definition) is 3. The first kappa shape index (κ1) is 31.1. The van der Waals surface area contributed by atoms with Crippen molar-refractivity contribution in [3.05, 3.63) is 69.7 Å². The van der Waals surface area contributed by atoms with Gasteiger partial charge in [0, 0.05) is 31.5 Å². The fourth-order valence-corrected chi connectivity index (χ4v) is 4.31. The maximum atomic E-state index is 14.6. The van der Waals surface area contributed by atoms with Gasteiger partial charge in [-0.05, 0) is 55.9 Å². The molecule has 0 aromatic carbocycles. The van der Waals surface area contributed by atoms with Crippen LogP contribution < -0.4 is 16.2 Å². The Balaban J connectivity index is 1.82. The zero-order valence-corrected chi connectivity index (χ0v) is 24.2. The number of ether oxygens (including phenoxy) is 1. The lowest BCUT2D eigenvalue weighted by Crippen LogP contribution is -2.44. The molecule has 3 rings (SSSR count). The number of anilines is 1. The normalized spacial score (nSPS) is 12.1. The van der Waals surface area contributed by atoms with E-state index in [1.807, 2.05) is 20.8 Å². The minimum Gasteiger partial charge on any atom is -0.453 e. The summed E-state index contributed by atoms with van der Waals surface area (Å²) in [5, 5.41) is 5.06. The number of aromatic amines is 1. The van der Waals surface area contributed by atoms with Gasteiger partial charge in [-0.3, -0.25) is 19.4 Å². The molecule has 3 aromatic rings. The Morgan fingerprint density at radius 3 is 2.66 bits per heavy atom. The third kappa shape index (κ3) is 7.80. The average Bonchev–Trinajstić information content (AvgIpc) is 3.24. The summed E-state index contributed by atoms with van der Waals surface area (Å²) in [5.41, 5.74) is 2.86. The molecule has 41 heavy (non-hydrogen) atoms. The molecule has 220 valence electrons. The Kier molecular flexibility index (Phi) is 10.4. The number of H-pyrrole nitrogens is 1. The number of halogens is 1. The van der Waals surface area contributed by atoms with Gasteiger partial charge in [0.15, 0.2) is 0 Å². The SMILES string of the molecule is COC(=O)NC(CC/C=C/C(=O)N(C)C)C(=O)Nc1cccn(Cc2[nH]c3c(CC(C)C)c(F)cnc3c2C)c1=O. The second-order valence-electron chi connectivity index (χ2n) is 10.4. The highest BCUT2D eigenvalue weighted by Crippen LogP contribution is 2.27. The number of hydrogen-bond acceptors (Lipinski definition) is 6. The molecule has 1 unspecified atom stereocenters. The Morgan fingerprint density at radius 1 is 1.27 bits per heavy atom. The molecule has 0 spiro atoms. The van der Waals surface area contributed by atoms with Crippen LogP contribution >= 0.6 is 0 Å². The zero-order valence-electron chi connectivity index (χ0n) is 24.2. The van der Waals surface area contributed by atoms with Crippen molar-refractivity contribution >= 4 is 34.6 Å². The van der Waals surface area contributed by atoms with Gasteiger partial charge in [-0.25, -0.2) is 9.18 Å². The third-order valence-electron chi connectivity index (χ3n) is 6.55. The summed E-state index contributed by atoms with van der Waals surface area (Å²) < 4.78 is 20.6. The number of fused-ring (bicyclic) bond motifs is 1. The lowest BCUT2D eigenvalue weighted by molar-refractivity contribution is -0.123. The van der Waals surface area contributed by atoms with Crippen molar-refractivity contribution in [3.8, 4) is 0 Å². The van der Waals surface area contributed by atoms with Crippen LogP contribution in [-0.4, -0.2) is 64.6 Å². The van der Waals surface area contributed by atoms with Gasteiger partial charge in [-0.2, -0.15) is 0 Å². The van der Waals surface area contributed by atoms with Crippen LogP contribution in [0.2, 0.25) is 0 Å². The second kappa shape index (κ2) is 13.7. The van der Waals surface area contributed by atoms with E-state index in [1.54, 1.807) is 32.4 Å². The summed E-state index contributed by atoms with van der Waals surface area (Å²) in [6, 6.07) is 2.07. The number of amides is 3. The largest absolute Gasteiger partial charge is 0.453 e. The highest BCUT2D eigenvalue weighted by molar-refractivity contribution is 5.96. The molecule has 0 radical (unpaired) electrons. The second-order valence-corrected chi connectivity index (χ2v) is 10.4. The summed E-state index contributed by atoms with van der Waals surface area (Å²) in [6.45, 7) is 6.02. The average molecular weight is 569 g/mol. The molecule has 0 saturated carbocycles. The molecular weight excluding hydrogens is 531 g/mol. The van der Waals surface area contributed by atoms with E-state index >= 15 is 0 Å². The molecule has 3 N–H and O–H groups in total. The van der Waals surface area contributed by atoms with Gasteiger partial charge in [0.1, 0.15) is 17.5 Å². The maximum Gasteiger partial charge on any atom is 0.407 e. The predicted molar refractivity (Wildman–Crippen MR) is 154 cm³/mol. The first-order valence-corrected chi connectivity index (χ1v) is 13.3. The van der Waals surface area contributed by atoms with E-state index in [0.29, 0.717) is 35.1 Å². The number of rotatable bonds is 11. The monoisotopic (exact) mass is 568 g/mol. The van der Waals surface area contributed by atoms with Crippen LogP contribution in [0.1, 0.15) is 43.5 Å². The number of carbonyl (C=O) groups excluding carboxylic acids is 3. The Morgan fingerprint density at radius 2 is 2.00 bits per heavy atom. The van der Waals surface area contributed by atoms with E-state index in [0.717, 1.165) is 5.56 Å². The highest BCUT2D eigenvalue weighted by Gasteiger charge is 2.22. The molecule has 3 heterocycles. The molecule has 0 bridgehead atoms. The van der Waals surface area contributed by atoms with Crippen LogP contribution in [0.15, 0.2) is 41.5 Å². The van der Waals surface area contributed by atoms with Crippen LogP contribution in [0.25, 0.3) is 11.0 Å². The standard InChI is InChI=1S/C29H37FN6O5/c1-17(2)14-19-20(30)15-31-25-18(3)23(32-26(19)25)16-36-13-9-11-22(28(36)39)33-27(38)21(34-29(40)41-6)10-7-8-12-24(37)35(4)5/h8-9,11-13,15,17,21,32H,7,10,14,16H2,1-6H3,(H,33,38)(H,34,40)/b12-8+. The molecule has 1 atom stereocenters. The third-order valence-corrected chi connectivity index (χ3v) is 6.55. The smallest absolute Gasteiger partial charge is 0.407 e. The number of likely N-dealkylation sites (N-methyl/N-ethyl adjacent to an activating group) is 1. The number of methoxy groups -OCH3 is 1. The van der Waals surface area contributed by atoms with Gasteiger partial charge in [0.25, 0.3) is 5.56 Å². The van der Waals surface area contributed by atoms with Gasteiger partial charge in [-0.15, -0.1) is 0 Å². The van der Waals surface area contributed by atoms with E-state index < -0.39 is 23.6 Å². The van der Waals surface area contributed by atoms with Crippen LogP contribution in [0.4, 0.5) is 14.9 Å². The maximum absolute atomic E-state index is 14.6. The number of aromatic nitrogens is 3. The van der Waals surface area contributed by atoms with Crippen LogP contribution in [0.5, 0.6) is 0 Å². The summed E-state index contributed by atoms with van der Waals surface area (Å²) in [5.74, 6) is -0.966. The quantitative estimate of drug-likeness (QED) is 0.303. The summed E-state index contributed by atoms with van der Waals surface area (Å²) in [7, 11) is 4.42. The van der Waals surface area contributed by atoms with Gasteiger partial charge < -0.3 is 29.8 Å². The number of allylic oxidation sites excluding steroid dienone is 1.